The zero-order valence-corrected chi connectivity index (χ0v) is 11.0. The lowest BCUT2D eigenvalue weighted by molar-refractivity contribution is 0.315. The third-order valence-electron chi connectivity index (χ3n) is 3.76. The summed E-state index contributed by atoms with van der Waals surface area (Å²) >= 11 is 0. The molecule has 0 aromatic carbocycles. The molecule has 3 heterocycles. The average molecular weight is 258 g/mol. The van der Waals surface area contributed by atoms with Crippen molar-refractivity contribution in [2.24, 2.45) is 11.7 Å². The second kappa shape index (κ2) is 4.75. The zero-order valence-electron chi connectivity index (χ0n) is 11.0. The molecule has 2 N–H and O–H groups in total. The highest BCUT2D eigenvalue weighted by Gasteiger charge is 2.26. The summed E-state index contributed by atoms with van der Waals surface area (Å²) in [5.41, 5.74) is 7.50. The molecule has 100 valence electrons. The molecule has 19 heavy (non-hydrogen) atoms. The van der Waals surface area contributed by atoms with Crippen LogP contribution < -0.4 is 11.3 Å². The summed E-state index contributed by atoms with van der Waals surface area (Å²) in [5.74, 6) is 0.501. The molecule has 0 aliphatic carbocycles. The van der Waals surface area contributed by atoms with Crippen LogP contribution in [0.2, 0.25) is 0 Å². The molecule has 0 bridgehead atoms. The molecule has 1 aliphatic rings. The summed E-state index contributed by atoms with van der Waals surface area (Å²) in [6.45, 7) is 4.69. The fourth-order valence-electron chi connectivity index (χ4n) is 2.64. The van der Waals surface area contributed by atoms with Crippen molar-refractivity contribution >= 4 is 5.65 Å². The van der Waals surface area contributed by atoms with Gasteiger partial charge in [-0.1, -0.05) is 13.0 Å². The van der Waals surface area contributed by atoms with E-state index in [0.29, 0.717) is 18.1 Å². The third kappa shape index (κ3) is 2.39. The number of pyridine rings is 1. The maximum Gasteiger partial charge on any atom is 0.258 e. The van der Waals surface area contributed by atoms with Gasteiger partial charge >= 0.3 is 0 Å². The highest BCUT2D eigenvalue weighted by Crippen LogP contribution is 2.16. The van der Waals surface area contributed by atoms with Gasteiger partial charge in [-0.15, -0.1) is 0 Å². The van der Waals surface area contributed by atoms with Crippen molar-refractivity contribution in [2.75, 3.05) is 13.1 Å². The molecular weight excluding hydrogens is 240 g/mol. The van der Waals surface area contributed by atoms with Crippen LogP contribution in [-0.4, -0.2) is 33.4 Å². The molecule has 5 nitrogen and oxygen atoms in total. The van der Waals surface area contributed by atoms with Crippen molar-refractivity contribution < 1.29 is 0 Å². The normalized spacial score (nSPS) is 24.1. The van der Waals surface area contributed by atoms with Gasteiger partial charge in [-0.05, 0) is 18.1 Å². The fourth-order valence-corrected chi connectivity index (χ4v) is 2.64. The van der Waals surface area contributed by atoms with Crippen LogP contribution in [-0.2, 0) is 6.54 Å². The van der Waals surface area contributed by atoms with Gasteiger partial charge in [0.05, 0.1) is 5.69 Å². The van der Waals surface area contributed by atoms with Crippen molar-refractivity contribution in [1.29, 1.82) is 0 Å². The monoisotopic (exact) mass is 258 g/mol. The molecule has 3 rings (SSSR count). The van der Waals surface area contributed by atoms with Gasteiger partial charge < -0.3 is 5.73 Å². The first-order valence-corrected chi connectivity index (χ1v) is 6.59. The quantitative estimate of drug-likeness (QED) is 0.850. The Kier molecular flexibility index (Phi) is 3.08. The first-order valence-electron chi connectivity index (χ1n) is 6.59. The second-order valence-corrected chi connectivity index (χ2v) is 5.35. The van der Waals surface area contributed by atoms with Crippen LogP contribution in [0.3, 0.4) is 0 Å². The van der Waals surface area contributed by atoms with E-state index in [9.17, 15) is 4.79 Å². The van der Waals surface area contributed by atoms with Gasteiger partial charge in [0.15, 0.2) is 0 Å². The number of aromatic nitrogens is 2. The molecule has 1 saturated heterocycles. The second-order valence-electron chi connectivity index (χ2n) is 5.35. The van der Waals surface area contributed by atoms with Crippen LogP contribution in [0.25, 0.3) is 5.65 Å². The van der Waals surface area contributed by atoms with Crippen LogP contribution >= 0.6 is 0 Å². The topological polar surface area (TPSA) is 63.6 Å². The summed E-state index contributed by atoms with van der Waals surface area (Å²) in [4.78, 5) is 18.8. The van der Waals surface area contributed by atoms with Crippen LogP contribution in [0.5, 0.6) is 0 Å². The SMILES string of the molecule is CC1CN(Cc2cc(=O)n3ccccc3n2)CC1N. The molecule has 0 spiro atoms. The van der Waals surface area contributed by atoms with E-state index in [2.05, 4.69) is 16.8 Å². The Balaban J connectivity index is 1.88. The van der Waals surface area contributed by atoms with Crippen LogP contribution in [0.15, 0.2) is 35.3 Å². The highest BCUT2D eigenvalue weighted by molar-refractivity contribution is 5.37. The average Bonchev–Trinajstić information content (AvgIpc) is 2.68. The van der Waals surface area contributed by atoms with E-state index >= 15 is 0 Å². The van der Waals surface area contributed by atoms with Crippen molar-refractivity contribution in [3.8, 4) is 0 Å². The summed E-state index contributed by atoms with van der Waals surface area (Å²) < 4.78 is 1.56. The molecule has 1 aliphatic heterocycles. The van der Waals surface area contributed by atoms with Gasteiger partial charge in [-0.25, -0.2) is 4.98 Å². The number of likely N-dealkylation sites (tertiary alicyclic amines) is 1. The predicted octanol–water partition coefficient (Wildman–Crippen LogP) is 0.474. The first kappa shape index (κ1) is 12.3. The Morgan fingerprint density at radius 2 is 2.26 bits per heavy atom. The molecule has 2 atom stereocenters. The van der Waals surface area contributed by atoms with Crippen molar-refractivity contribution in [2.45, 2.75) is 19.5 Å². The number of hydrogen-bond donors (Lipinski definition) is 1. The lowest BCUT2D eigenvalue weighted by Crippen LogP contribution is -2.29. The molecule has 1 fully saturated rings. The Hall–Kier alpha value is -1.72. The lowest BCUT2D eigenvalue weighted by atomic mass is 10.1. The minimum atomic E-state index is -0.0304. The minimum absolute atomic E-state index is 0.0304. The van der Waals surface area contributed by atoms with Gasteiger partial charge in [0.2, 0.25) is 0 Å². The number of fused-ring (bicyclic) bond motifs is 1. The lowest BCUT2D eigenvalue weighted by Gasteiger charge is -2.14. The van der Waals surface area contributed by atoms with Gasteiger partial charge in [0.1, 0.15) is 5.65 Å². The molecule has 0 radical (unpaired) electrons. The molecule has 0 amide bonds. The number of hydrogen-bond acceptors (Lipinski definition) is 4. The Bertz CT molecular complexity index is 641. The van der Waals surface area contributed by atoms with Gasteiger partial charge in [-0.2, -0.15) is 0 Å². The van der Waals surface area contributed by atoms with Crippen LogP contribution in [0, 0.1) is 5.92 Å². The van der Waals surface area contributed by atoms with Crippen LogP contribution in [0.4, 0.5) is 0 Å². The van der Waals surface area contributed by atoms with E-state index in [1.54, 1.807) is 16.7 Å². The standard InChI is InChI=1S/C14H18N4O/c1-10-7-17(9-12(10)15)8-11-6-14(19)18-5-3-2-4-13(18)16-11/h2-6,10,12H,7-9,15H2,1H3. The molecule has 2 aromatic rings. The predicted molar refractivity (Wildman–Crippen MR) is 73.9 cm³/mol. The molecular formula is C14H18N4O. The smallest absolute Gasteiger partial charge is 0.258 e. The Labute approximate surface area is 111 Å². The van der Waals surface area contributed by atoms with E-state index in [4.69, 9.17) is 5.73 Å². The number of rotatable bonds is 2. The largest absolute Gasteiger partial charge is 0.326 e. The van der Waals surface area contributed by atoms with Gasteiger partial charge in [-0.3, -0.25) is 14.1 Å². The summed E-state index contributed by atoms with van der Waals surface area (Å²) in [6.07, 6.45) is 1.74. The van der Waals surface area contributed by atoms with Crippen molar-refractivity contribution in [1.82, 2.24) is 14.3 Å². The zero-order chi connectivity index (χ0) is 13.4. The maximum atomic E-state index is 12.0. The summed E-state index contributed by atoms with van der Waals surface area (Å²) in [7, 11) is 0. The minimum Gasteiger partial charge on any atom is -0.326 e. The van der Waals surface area contributed by atoms with E-state index in [0.717, 1.165) is 18.8 Å². The summed E-state index contributed by atoms with van der Waals surface area (Å²) in [6, 6.07) is 7.41. The Morgan fingerprint density at radius 3 is 3.00 bits per heavy atom. The Morgan fingerprint density at radius 1 is 1.42 bits per heavy atom. The molecule has 2 unspecified atom stereocenters. The van der Waals surface area contributed by atoms with E-state index < -0.39 is 0 Å². The van der Waals surface area contributed by atoms with Gasteiger partial charge in [0, 0.05) is 37.9 Å². The first-order chi connectivity index (χ1) is 9.13. The van der Waals surface area contributed by atoms with E-state index in [1.165, 1.54) is 0 Å². The van der Waals surface area contributed by atoms with Crippen molar-refractivity contribution in [3.05, 3.63) is 46.5 Å². The van der Waals surface area contributed by atoms with E-state index in [-0.39, 0.29) is 11.6 Å². The van der Waals surface area contributed by atoms with E-state index in [1.807, 2.05) is 18.2 Å². The molecule has 2 aromatic heterocycles. The number of nitrogens with two attached hydrogens (primary N) is 1. The van der Waals surface area contributed by atoms with Crippen molar-refractivity contribution in [3.63, 3.8) is 0 Å². The summed E-state index contributed by atoms with van der Waals surface area (Å²) in [5, 5.41) is 0. The third-order valence-corrected chi connectivity index (χ3v) is 3.76. The van der Waals surface area contributed by atoms with Crippen LogP contribution in [0.1, 0.15) is 12.6 Å². The van der Waals surface area contributed by atoms with Gasteiger partial charge in [0.25, 0.3) is 5.56 Å². The highest BCUT2D eigenvalue weighted by atomic mass is 16.1. The fraction of sp³-hybridized carbons (Fsp3) is 0.429. The maximum absolute atomic E-state index is 12.0. The number of nitrogens with zero attached hydrogens (tertiary/aromatic N) is 3. The molecule has 0 saturated carbocycles. The molecule has 5 heteroatoms.